The third kappa shape index (κ3) is 1.37. The van der Waals surface area contributed by atoms with Crippen LogP contribution in [0.1, 0.15) is 26.7 Å². The zero-order valence-electron chi connectivity index (χ0n) is 7.97. The van der Waals surface area contributed by atoms with Crippen molar-refractivity contribution in [3.05, 3.63) is 0 Å². The minimum Gasteiger partial charge on any atom is -0.345 e. The maximum absolute atomic E-state index is 5.79. The Hall–Kier alpha value is -0.120. The van der Waals surface area contributed by atoms with Crippen LogP contribution in [0.5, 0.6) is 0 Å². The molecular formula is C9H18N2O. The molecule has 0 aliphatic carbocycles. The molecule has 2 aliphatic heterocycles. The largest absolute Gasteiger partial charge is 0.345 e. The number of nitrogens with zero attached hydrogens (tertiary/aromatic N) is 1. The normalized spacial score (nSPS) is 37.2. The van der Waals surface area contributed by atoms with E-state index in [9.17, 15) is 0 Å². The predicted molar refractivity (Wildman–Crippen MR) is 47.8 cm³/mol. The molecule has 0 amide bonds. The van der Waals surface area contributed by atoms with Crippen LogP contribution in [0.4, 0.5) is 0 Å². The molecule has 1 atom stereocenters. The summed E-state index contributed by atoms with van der Waals surface area (Å²) >= 11 is 0. The zero-order valence-corrected chi connectivity index (χ0v) is 7.97. The Morgan fingerprint density at radius 2 is 2.17 bits per heavy atom. The van der Waals surface area contributed by atoms with Gasteiger partial charge in [-0.05, 0) is 13.8 Å². The summed E-state index contributed by atoms with van der Waals surface area (Å²) < 4.78 is 5.79. The van der Waals surface area contributed by atoms with Gasteiger partial charge in [0.1, 0.15) is 12.5 Å². The van der Waals surface area contributed by atoms with Crippen LogP contribution in [0.3, 0.4) is 0 Å². The summed E-state index contributed by atoms with van der Waals surface area (Å²) in [6.07, 6.45) is 2.34. The number of ether oxygens (including phenoxy) is 1. The topological polar surface area (TPSA) is 24.5 Å². The zero-order chi connectivity index (χ0) is 8.60. The molecule has 1 N–H and O–H groups in total. The third-order valence-corrected chi connectivity index (χ3v) is 3.02. The Morgan fingerprint density at radius 1 is 1.42 bits per heavy atom. The Bertz CT molecular complexity index is 156. The highest BCUT2D eigenvalue weighted by Gasteiger charge is 2.40. The first kappa shape index (κ1) is 8.48. The van der Waals surface area contributed by atoms with Crippen molar-refractivity contribution in [1.29, 1.82) is 0 Å². The quantitative estimate of drug-likeness (QED) is 0.629. The van der Waals surface area contributed by atoms with Gasteiger partial charge in [0, 0.05) is 32.0 Å². The van der Waals surface area contributed by atoms with Crippen molar-refractivity contribution in [3.8, 4) is 0 Å². The second-order valence-corrected chi connectivity index (χ2v) is 4.10. The van der Waals surface area contributed by atoms with Gasteiger partial charge in [0.15, 0.2) is 0 Å². The molecule has 12 heavy (non-hydrogen) atoms. The molecule has 2 aliphatic rings. The van der Waals surface area contributed by atoms with Gasteiger partial charge >= 0.3 is 0 Å². The summed E-state index contributed by atoms with van der Waals surface area (Å²) in [4.78, 5) is 2.37. The molecule has 2 heterocycles. The molecule has 1 spiro atoms. The van der Waals surface area contributed by atoms with Crippen molar-refractivity contribution in [2.75, 3.05) is 19.8 Å². The van der Waals surface area contributed by atoms with E-state index in [1.165, 1.54) is 13.0 Å². The summed E-state index contributed by atoms with van der Waals surface area (Å²) in [6.45, 7) is 7.53. The molecular weight excluding hydrogens is 152 g/mol. The average molecular weight is 170 g/mol. The average Bonchev–Trinajstić information content (AvgIpc) is 2.02. The molecule has 3 nitrogen and oxygen atoms in total. The molecule has 0 saturated carbocycles. The van der Waals surface area contributed by atoms with Crippen LogP contribution in [0, 0.1) is 0 Å². The lowest BCUT2D eigenvalue weighted by Crippen LogP contribution is -2.64. The molecule has 0 unspecified atom stereocenters. The molecule has 0 radical (unpaired) electrons. The fourth-order valence-corrected chi connectivity index (χ4v) is 1.82. The lowest BCUT2D eigenvalue weighted by atomic mass is 9.96. The summed E-state index contributed by atoms with van der Waals surface area (Å²) in [7, 11) is 0. The number of hydrogen-bond acceptors (Lipinski definition) is 3. The van der Waals surface area contributed by atoms with Gasteiger partial charge in [-0.2, -0.15) is 0 Å². The number of rotatable bonds is 1. The molecule has 70 valence electrons. The first-order chi connectivity index (χ1) is 5.72. The van der Waals surface area contributed by atoms with Gasteiger partial charge in [-0.3, -0.25) is 10.2 Å². The molecule has 0 aromatic rings. The molecule has 3 heteroatoms. The highest BCUT2D eigenvalue weighted by Crippen LogP contribution is 2.28. The van der Waals surface area contributed by atoms with E-state index in [0.717, 1.165) is 19.7 Å². The van der Waals surface area contributed by atoms with Crippen LogP contribution in [-0.4, -0.2) is 36.5 Å². The summed E-state index contributed by atoms with van der Waals surface area (Å²) in [5.41, 5.74) is 0.0748. The maximum Gasteiger partial charge on any atom is 0.123 e. The van der Waals surface area contributed by atoms with Crippen LogP contribution in [-0.2, 0) is 4.74 Å². The van der Waals surface area contributed by atoms with Gasteiger partial charge in [0.05, 0.1) is 0 Å². The van der Waals surface area contributed by atoms with E-state index in [0.29, 0.717) is 6.04 Å². The van der Waals surface area contributed by atoms with Gasteiger partial charge in [0.25, 0.3) is 0 Å². The van der Waals surface area contributed by atoms with Gasteiger partial charge in [-0.1, -0.05) is 0 Å². The molecule has 0 bridgehead atoms. The highest BCUT2D eigenvalue weighted by atomic mass is 16.5. The van der Waals surface area contributed by atoms with E-state index < -0.39 is 0 Å². The van der Waals surface area contributed by atoms with Gasteiger partial charge in [-0.25, -0.2) is 0 Å². The second-order valence-electron chi connectivity index (χ2n) is 4.10. The smallest absolute Gasteiger partial charge is 0.123 e. The number of hydrogen-bond donors (Lipinski definition) is 1. The van der Waals surface area contributed by atoms with Gasteiger partial charge in [0.2, 0.25) is 0 Å². The van der Waals surface area contributed by atoms with E-state index in [4.69, 9.17) is 4.74 Å². The van der Waals surface area contributed by atoms with E-state index in [1.807, 2.05) is 0 Å². The standard InChI is InChI=1S/C9H18N2O/c1-8(2)11-6-4-9(12-7-11)3-5-10-9/h8,10H,3-7H2,1-2H3/t9-/m1/s1. The van der Waals surface area contributed by atoms with Gasteiger partial charge < -0.3 is 4.74 Å². The Kier molecular flexibility index (Phi) is 2.10. The second kappa shape index (κ2) is 2.98. The van der Waals surface area contributed by atoms with Crippen LogP contribution in [0.25, 0.3) is 0 Å². The lowest BCUT2D eigenvalue weighted by Gasteiger charge is -2.49. The Balaban J connectivity index is 1.84. The minimum absolute atomic E-state index is 0.0748. The van der Waals surface area contributed by atoms with Crippen molar-refractivity contribution < 1.29 is 4.74 Å². The Labute approximate surface area is 74.1 Å². The summed E-state index contributed by atoms with van der Waals surface area (Å²) in [5, 5.41) is 3.37. The van der Waals surface area contributed by atoms with E-state index in [-0.39, 0.29) is 5.72 Å². The Morgan fingerprint density at radius 3 is 2.50 bits per heavy atom. The minimum atomic E-state index is 0.0748. The van der Waals surface area contributed by atoms with E-state index >= 15 is 0 Å². The van der Waals surface area contributed by atoms with E-state index in [2.05, 4.69) is 24.1 Å². The van der Waals surface area contributed by atoms with Crippen molar-refractivity contribution >= 4 is 0 Å². The number of nitrogens with one attached hydrogen (secondary N) is 1. The van der Waals surface area contributed by atoms with Crippen LogP contribution >= 0.6 is 0 Å². The van der Waals surface area contributed by atoms with Crippen LogP contribution in [0.2, 0.25) is 0 Å². The summed E-state index contributed by atoms with van der Waals surface area (Å²) in [5.74, 6) is 0. The third-order valence-electron chi connectivity index (χ3n) is 3.02. The maximum atomic E-state index is 5.79. The van der Waals surface area contributed by atoms with Crippen molar-refractivity contribution in [2.24, 2.45) is 0 Å². The fraction of sp³-hybridized carbons (Fsp3) is 1.00. The first-order valence-corrected chi connectivity index (χ1v) is 4.85. The highest BCUT2D eigenvalue weighted by molar-refractivity contribution is 4.91. The van der Waals surface area contributed by atoms with Gasteiger partial charge in [-0.15, -0.1) is 0 Å². The van der Waals surface area contributed by atoms with Crippen LogP contribution < -0.4 is 5.32 Å². The van der Waals surface area contributed by atoms with Crippen LogP contribution in [0.15, 0.2) is 0 Å². The monoisotopic (exact) mass is 170 g/mol. The molecule has 2 rings (SSSR count). The van der Waals surface area contributed by atoms with Crippen molar-refractivity contribution in [3.63, 3.8) is 0 Å². The van der Waals surface area contributed by atoms with Crippen molar-refractivity contribution in [2.45, 2.75) is 38.5 Å². The predicted octanol–water partition coefficient (Wildman–Crippen LogP) is 0.764. The SMILES string of the molecule is CC(C)N1CC[C@@]2(CCN2)OC1. The molecule has 2 saturated heterocycles. The molecule has 0 aromatic heterocycles. The lowest BCUT2D eigenvalue weighted by molar-refractivity contribution is -0.193. The van der Waals surface area contributed by atoms with E-state index in [1.54, 1.807) is 0 Å². The first-order valence-electron chi connectivity index (χ1n) is 4.85. The molecule has 2 fully saturated rings. The summed E-state index contributed by atoms with van der Waals surface area (Å²) in [6, 6.07) is 0.613. The fourth-order valence-electron chi connectivity index (χ4n) is 1.82. The molecule has 0 aromatic carbocycles. The van der Waals surface area contributed by atoms with Crippen molar-refractivity contribution in [1.82, 2.24) is 10.2 Å².